The van der Waals surface area contributed by atoms with Crippen LogP contribution in [-0.4, -0.2) is 40.3 Å². The van der Waals surface area contributed by atoms with Crippen LogP contribution < -0.4 is 10.2 Å². The summed E-state index contributed by atoms with van der Waals surface area (Å²) in [6.45, 7) is 3.26. The lowest BCUT2D eigenvalue weighted by atomic mass is 9.74. The molecule has 9 heteroatoms. The summed E-state index contributed by atoms with van der Waals surface area (Å²) < 4.78 is 0. The van der Waals surface area contributed by atoms with Crippen LogP contribution in [0, 0.1) is 23.7 Å². The highest BCUT2D eigenvalue weighted by Gasteiger charge is 2.45. The summed E-state index contributed by atoms with van der Waals surface area (Å²) in [4.78, 5) is 22.6. The number of nitrogens with zero attached hydrogens (tertiary/aromatic N) is 4. The molecule has 1 aliphatic carbocycles. The number of rotatable bonds is 3. The molecule has 1 aliphatic heterocycles. The van der Waals surface area contributed by atoms with Gasteiger partial charge in [-0.15, -0.1) is 0 Å². The zero-order chi connectivity index (χ0) is 22.2. The quantitative estimate of drug-likeness (QED) is 0.666. The maximum Gasteiger partial charge on any atom is 0.404 e. The molecular formula is C22H23Cl2N5O2. The SMILES string of the molecule is Cc1nc(N2CCC3(CCCC3NC(=O)O)CC2)c(C#N)nc1-c1cccc(Cl)c1Cl. The fraction of sp³-hybridized carbons (Fsp3) is 0.455. The van der Waals surface area contributed by atoms with Crippen LogP contribution in [0.1, 0.15) is 43.5 Å². The monoisotopic (exact) mass is 459 g/mol. The molecule has 1 atom stereocenters. The molecule has 0 bridgehead atoms. The molecule has 1 saturated carbocycles. The Morgan fingerprint density at radius 1 is 1.29 bits per heavy atom. The highest BCUT2D eigenvalue weighted by molar-refractivity contribution is 6.43. The van der Waals surface area contributed by atoms with Crippen LogP contribution in [0.5, 0.6) is 0 Å². The van der Waals surface area contributed by atoms with Crippen molar-refractivity contribution in [2.24, 2.45) is 5.41 Å². The summed E-state index contributed by atoms with van der Waals surface area (Å²) in [6, 6.07) is 7.47. The molecule has 1 unspecified atom stereocenters. The van der Waals surface area contributed by atoms with E-state index >= 15 is 0 Å². The largest absolute Gasteiger partial charge is 0.465 e. The lowest BCUT2D eigenvalue weighted by Gasteiger charge is -2.43. The van der Waals surface area contributed by atoms with E-state index in [9.17, 15) is 15.2 Å². The fourth-order valence-electron chi connectivity index (χ4n) is 5.02. The van der Waals surface area contributed by atoms with Gasteiger partial charge in [-0.25, -0.2) is 14.8 Å². The molecule has 2 heterocycles. The van der Waals surface area contributed by atoms with Crippen LogP contribution in [0.15, 0.2) is 18.2 Å². The Balaban J connectivity index is 1.60. The number of amides is 1. The second kappa shape index (κ2) is 8.52. The van der Waals surface area contributed by atoms with Crippen molar-refractivity contribution in [3.8, 4) is 17.3 Å². The number of piperidine rings is 1. The van der Waals surface area contributed by atoms with E-state index in [4.69, 9.17) is 28.2 Å². The fourth-order valence-corrected chi connectivity index (χ4v) is 5.41. The second-order valence-electron chi connectivity index (χ2n) is 8.29. The first-order valence-corrected chi connectivity index (χ1v) is 11.1. The highest BCUT2D eigenvalue weighted by Crippen LogP contribution is 2.47. The van der Waals surface area contributed by atoms with Gasteiger partial charge in [-0.3, -0.25) is 0 Å². The van der Waals surface area contributed by atoms with Gasteiger partial charge in [0, 0.05) is 24.7 Å². The normalized spacial score (nSPS) is 19.9. The molecule has 2 fully saturated rings. The van der Waals surface area contributed by atoms with Crippen molar-refractivity contribution in [1.82, 2.24) is 15.3 Å². The predicted octanol–water partition coefficient (Wildman–Crippen LogP) is 5.04. The zero-order valence-electron chi connectivity index (χ0n) is 17.2. The van der Waals surface area contributed by atoms with Gasteiger partial charge in [-0.1, -0.05) is 41.8 Å². The number of anilines is 1. The van der Waals surface area contributed by atoms with E-state index in [-0.39, 0.29) is 17.2 Å². The number of aromatic nitrogens is 2. The van der Waals surface area contributed by atoms with E-state index in [2.05, 4.69) is 21.3 Å². The van der Waals surface area contributed by atoms with Gasteiger partial charge in [0.05, 0.1) is 21.4 Å². The van der Waals surface area contributed by atoms with Crippen molar-refractivity contribution in [2.45, 2.75) is 45.1 Å². The van der Waals surface area contributed by atoms with Crippen LogP contribution in [0.25, 0.3) is 11.3 Å². The van der Waals surface area contributed by atoms with E-state index < -0.39 is 6.09 Å². The Morgan fingerprint density at radius 3 is 2.71 bits per heavy atom. The summed E-state index contributed by atoms with van der Waals surface area (Å²) in [6.07, 6.45) is 3.67. The third-order valence-corrected chi connectivity index (χ3v) is 7.45. The van der Waals surface area contributed by atoms with Gasteiger partial charge in [0.25, 0.3) is 0 Å². The summed E-state index contributed by atoms with van der Waals surface area (Å²) in [7, 11) is 0. The van der Waals surface area contributed by atoms with Crippen molar-refractivity contribution in [2.75, 3.05) is 18.0 Å². The molecular weight excluding hydrogens is 437 g/mol. The van der Waals surface area contributed by atoms with E-state index in [1.54, 1.807) is 12.1 Å². The molecule has 2 aromatic rings. The molecule has 2 aliphatic rings. The maximum atomic E-state index is 11.2. The van der Waals surface area contributed by atoms with Crippen molar-refractivity contribution in [3.63, 3.8) is 0 Å². The van der Waals surface area contributed by atoms with E-state index in [1.807, 2.05) is 13.0 Å². The van der Waals surface area contributed by atoms with Crippen LogP contribution in [-0.2, 0) is 0 Å². The molecule has 1 spiro atoms. The first-order chi connectivity index (χ1) is 14.8. The van der Waals surface area contributed by atoms with Gasteiger partial charge in [-0.05, 0) is 44.1 Å². The minimum absolute atomic E-state index is 0.0113. The van der Waals surface area contributed by atoms with Crippen LogP contribution in [0.2, 0.25) is 10.0 Å². The number of nitriles is 1. The van der Waals surface area contributed by atoms with Crippen molar-refractivity contribution >= 4 is 35.1 Å². The number of halogens is 2. The summed E-state index contributed by atoms with van der Waals surface area (Å²) >= 11 is 12.5. The number of carbonyl (C=O) groups is 1. The first-order valence-electron chi connectivity index (χ1n) is 10.3. The third-order valence-electron chi connectivity index (χ3n) is 6.63. The topological polar surface area (TPSA) is 102 Å². The summed E-state index contributed by atoms with van der Waals surface area (Å²) in [5, 5.41) is 22.5. The molecule has 7 nitrogen and oxygen atoms in total. The zero-order valence-corrected chi connectivity index (χ0v) is 18.7. The third kappa shape index (κ3) is 4.02. The van der Waals surface area contributed by atoms with Crippen molar-refractivity contribution in [1.29, 1.82) is 5.26 Å². The average molecular weight is 460 g/mol. The first kappa shape index (κ1) is 21.7. The molecule has 0 radical (unpaired) electrons. The number of hydrogen-bond acceptors (Lipinski definition) is 5. The summed E-state index contributed by atoms with van der Waals surface area (Å²) in [5.41, 5.74) is 2.10. The molecule has 2 N–H and O–H groups in total. The van der Waals surface area contributed by atoms with Gasteiger partial charge < -0.3 is 15.3 Å². The predicted molar refractivity (Wildman–Crippen MR) is 120 cm³/mol. The number of hydrogen-bond donors (Lipinski definition) is 2. The molecule has 1 saturated heterocycles. The molecule has 1 amide bonds. The van der Waals surface area contributed by atoms with E-state index in [0.29, 0.717) is 45.9 Å². The van der Waals surface area contributed by atoms with Crippen molar-refractivity contribution in [3.05, 3.63) is 39.6 Å². The molecule has 4 rings (SSSR count). The smallest absolute Gasteiger partial charge is 0.404 e. The number of nitrogens with one attached hydrogen (secondary N) is 1. The minimum Gasteiger partial charge on any atom is -0.465 e. The van der Waals surface area contributed by atoms with Crippen molar-refractivity contribution < 1.29 is 9.90 Å². The van der Waals surface area contributed by atoms with Gasteiger partial charge in [0.1, 0.15) is 6.07 Å². The van der Waals surface area contributed by atoms with Crippen LogP contribution in [0.4, 0.5) is 10.6 Å². The lowest BCUT2D eigenvalue weighted by Crippen LogP contribution is -2.50. The average Bonchev–Trinajstić information content (AvgIpc) is 3.11. The minimum atomic E-state index is -0.961. The van der Waals surface area contributed by atoms with Crippen LogP contribution >= 0.6 is 23.2 Å². The van der Waals surface area contributed by atoms with E-state index in [0.717, 1.165) is 32.1 Å². The Morgan fingerprint density at radius 2 is 2.03 bits per heavy atom. The summed E-state index contributed by atoms with van der Waals surface area (Å²) in [5.74, 6) is 0.567. The number of aryl methyl sites for hydroxylation is 1. The van der Waals surface area contributed by atoms with Gasteiger partial charge in [0.15, 0.2) is 11.5 Å². The van der Waals surface area contributed by atoms with Gasteiger partial charge >= 0.3 is 6.09 Å². The molecule has 1 aromatic carbocycles. The number of benzene rings is 1. The highest BCUT2D eigenvalue weighted by atomic mass is 35.5. The van der Waals surface area contributed by atoms with E-state index in [1.165, 1.54) is 0 Å². The second-order valence-corrected chi connectivity index (χ2v) is 9.07. The Kier molecular flexibility index (Phi) is 5.96. The Bertz CT molecular complexity index is 1060. The van der Waals surface area contributed by atoms with Gasteiger partial charge in [0.2, 0.25) is 0 Å². The Labute approximate surface area is 191 Å². The molecule has 31 heavy (non-hydrogen) atoms. The standard InChI is InChI=1S/C22H23Cl2N5O2/c1-13-19(14-4-2-5-15(23)18(14)24)27-16(12-25)20(26-13)29-10-8-22(9-11-29)7-3-6-17(22)28-21(30)31/h2,4-5,17,28H,3,6-11H2,1H3,(H,30,31). The lowest BCUT2D eigenvalue weighted by molar-refractivity contribution is 0.149. The Hall–Kier alpha value is -2.56. The molecule has 1 aromatic heterocycles. The maximum absolute atomic E-state index is 11.2. The number of carboxylic acid groups (broad SMARTS) is 1. The molecule has 162 valence electrons. The van der Waals surface area contributed by atoms with Crippen LogP contribution in [0.3, 0.4) is 0 Å². The van der Waals surface area contributed by atoms with Gasteiger partial charge in [-0.2, -0.15) is 5.26 Å².